The van der Waals surface area contributed by atoms with Crippen molar-refractivity contribution in [2.75, 3.05) is 0 Å². The van der Waals surface area contributed by atoms with E-state index in [1.54, 1.807) is 0 Å². The van der Waals surface area contributed by atoms with Gasteiger partial charge in [0, 0.05) is 12.1 Å². The predicted octanol–water partition coefficient (Wildman–Crippen LogP) is 3.21. The molecular formula is C13H21N. The molecule has 1 N–H and O–H groups in total. The zero-order valence-corrected chi connectivity index (χ0v) is 9.67. The minimum atomic E-state index is 0.204. The Morgan fingerprint density at radius 1 is 1.14 bits per heavy atom. The van der Waals surface area contributed by atoms with E-state index in [4.69, 9.17) is 0 Å². The van der Waals surface area contributed by atoms with Gasteiger partial charge in [-0.25, -0.2) is 0 Å². The molecule has 0 aliphatic rings. The van der Waals surface area contributed by atoms with Crippen LogP contribution >= 0.6 is 0 Å². The molecule has 78 valence electrons. The molecule has 0 atom stereocenters. The number of hydrogen-bond donors (Lipinski definition) is 1. The van der Waals surface area contributed by atoms with Crippen molar-refractivity contribution in [3.05, 3.63) is 35.9 Å². The Morgan fingerprint density at radius 3 is 2.21 bits per heavy atom. The molecule has 0 saturated carbocycles. The van der Waals surface area contributed by atoms with Crippen LogP contribution in [0.2, 0.25) is 0 Å². The molecule has 1 heteroatoms. The van der Waals surface area contributed by atoms with Crippen molar-refractivity contribution < 1.29 is 0 Å². The van der Waals surface area contributed by atoms with Gasteiger partial charge in [0.15, 0.2) is 0 Å². The first kappa shape index (κ1) is 11.3. The van der Waals surface area contributed by atoms with Crippen LogP contribution in [0.3, 0.4) is 0 Å². The van der Waals surface area contributed by atoms with Crippen LogP contribution in [0.15, 0.2) is 30.3 Å². The van der Waals surface area contributed by atoms with Crippen molar-refractivity contribution in [3.63, 3.8) is 0 Å². The van der Waals surface area contributed by atoms with Gasteiger partial charge < -0.3 is 5.32 Å². The lowest BCUT2D eigenvalue weighted by atomic mass is 9.90. The van der Waals surface area contributed by atoms with Crippen molar-refractivity contribution in [1.82, 2.24) is 5.32 Å². The van der Waals surface area contributed by atoms with Crippen LogP contribution in [0, 0.1) is 5.92 Å². The van der Waals surface area contributed by atoms with E-state index < -0.39 is 0 Å². The van der Waals surface area contributed by atoms with E-state index in [2.05, 4.69) is 63.3 Å². The van der Waals surface area contributed by atoms with Gasteiger partial charge in [-0.3, -0.25) is 0 Å². The average molecular weight is 191 g/mol. The van der Waals surface area contributed by atoms with E-state index in [1.807, 2.05) is 0 Å². The highest BCUT2D eigenvalue weighted by atomic mass is 15.0. The third-order valence-corrected chi connectivity index (χ3v) is 3.03. The molecule has 1 aromatic rings. The molecule has 0 aromatic heterocycles. The highest BCUT2D eigenvalue weighted by Gasteiger charge is 2.20. The minimum Gasteiger partial charge on any atom is -0.307 e. The lowest BCUT2D eigenvalue weighted by Crippen LogP contribution is -2.43. The number of rotatable bonds is 4. The maximum Gasteiger partial charge on any atom is 0.0210 e. The summed E-state index contributed by atoms with van der Waals surface area (Å²) in [6.45, 7) is 9.95. The maximum atomic E-state index is 3.57. The second kappa shape index (κ2) is 4.61. The summed E-state index contributed by atoms with van der Waals surface area (Å²) in [5.41, 5.74) is 1.55. The summed E-state index contributed by atoms with van der Waals surface area (Å²) in [5.74, 6) is 0.645. The second-order valence-electron chi connectivity index (χ2n) is 4.72. The monoisotopic (exact) mass is 191 g/mol. The Kier molecular flexibility index (Phi) is 3.70. The van der Waals surface area contributed by atoms with Crippen molar-refractivity contribution in [1.29, 1.82) is 0 Å². The van der Waals surface area contributed by atoms with Crippen LogP contribution in [-0.4, -0.2) is 5.54 Å². The molecule has 0 aliphatic carbocycles. The summed E-state index contributed by atoms with van der Waals surface area (Å²) in [6, 6.07) is 10.5. The van der Waals surface area contributed by atoms with Crippen LogP contribution < -0.4 is 5.32 Å². The fourth-order valence-electron chi connectivity index (χ4n) is 1.13. The van der Waals surface area contributed by atoms with E-state index in [-0.39, 0.29) is 5.54 Å². The Hall–Kier alpha value is -0.820. The van der Waals surface area contributed by atoms with Crippen LogP contribution in [0.5, 0.6) is 0 Å². The van der Waals surface area contributed by atoms with Crippen molar-refractivity contribution in [3.8, 4) is 0 Å². The lowest BCUT2D eigenvalue weighted by molar-refractivity contribution is 0.286. The molecule has 0 aliphatic heterocycles. The fourth-order valence-corrected chi connectivity index (χ4v) is 1.13. The number of hydrogen-bond acceptors (Lipinski definition) is 1. The van der Waals surface area contributed by atoms with E-state index in [0.717, 1.165) is 6.54 Å². The summed E-state index contributed by atoms with van der Waals surface area (Å²) in [7, 11) is 0. The first-order chi connectivity index (χ1) is 6.52. The molecule has 0 radical (unpaired) electrons. The van der Waals surface area contributed by atoms with Gasteiger partial charge in [0.2, 0.25) is 0 Å². The minimum absolute atomic E-state index is 0.204. The van der Waals surface area contributed by atoms with Gasteiger partial charge in [0.05, 0.1) is 0 Å². The van der Waals surface area contributed by atoms with Gasteiger partial charge >= 0.3 is 0 Å². The third kappa shape index (κ3) is 3.15. The van der Waals surface area contributed by atoms with Gasteiger partial charge in [-0.1, -0.05) is 44.2 Å². The van der Waals surface area contributed by atoms with Crippen molar-refractivity contribution in [2.45, 2.75) is 39.8 Å². The summed E-state index contributed by atoms with van der Waals surface area (Å²) < 4.78 is 0. The lowest BCUT2D eigenvalue weighted by Gasteiger charge is -2.30. The summed E-state index contributed by atoms with van der Waals surface area (Å²) in [4.78, 5) is 0. The van der Waals surface area contributed by atoms with Crippen LogP contribution in [-0.2, 0) is 6.54 Å². The number of benzene rings is 1. The van der Waals surface area contributed by atoms with Crippen molar-refractivity contribution in [2.24, 2.45) is 5.92 Å². The van der Waals surface area contributed by atoms with Gasteiger partial charge in [0.1, 0.15) is 0 Å². The largest absolute Gasteiger partial charge is 0.307 e. The van der Waals surface area contributed by atoms with Gasteiger partial charge in [-0.2, -0.15) is 0 Å². The van der Waals surface area contributed by atoms with Crippen LogP contribution in [0.4, 0.5) is 0 Å². The first-order valence-electron chi connectivity index (χ1n) is 5.31. The predicted molar refractivity (Wildman–Crippen MR) is 62.2 cm³/mol. The Balaban J connectivity index is 2.49. The standard InChI is InChI=1S/C13H21N/c1-11(2)13(3,4)14-10-12-8-6-5-7-9-12/h5-9,11,14H,10H2,1-4H3. The highest BCUT2D eigenvalue weighted by Crippen LogP contribution is 2.15. The molecular weight excluding hydrogens is 170 g/mol. The highest BCUT2D eigenvalue weighted by molar-refractivity contribution is 5.14. The van der Waals surface area contributed by atoms with Gasteiger partial charge in [0.25, 0.3) is 0 Å². The normalized spacial score (nSPS) is 12.1. The Labute approximate surface area is 87.5 Å². The summed E-state index contributed by atoms with van der Waals surface area (Å²) >= 11 is 0. The summed E-state index contributed by atoms with van der Waals surface area (Å²) in [5, 5.41) is 3.57. The molecule has 14 heavy (non-hydrogen) atoms. The molecule has 1 rings (SSSR count). The molecule has 0 saturated heterocycles. The van der Waals surface area contributed by atoms with E-state index >= 15 is 0 Å². The average Bonchev–Trinajstić information content (AvgIpc) is 2.16. The van der Waals surface area contributed by atoms with E-state index in [1.165, 1.54) is 5.56 Å². The topological polar surface area (TPSA) is 12.0 Å². The molecule has 0 spiro atoms. The molecule has 0 heterocycles. The quantitative estimate of drug-likeness (QED) is 0.770. The fraction of sp³-hybridized carbons (Fsp3) is 0.538. The second-order valence-corrected chi connectivity index (χ2v) is 4.72. The third-order valence-electron chi connectivity index (χ3n) is 3.03. The van der Waals surface area contributed by atoms with E-state index in [0.29, 0.717) is 5.92 Å². The van der Waals surface area contributed by atoms with Crippen LogP contribution in [0.25, 0.3) is 0 Å². The molecule has 0 bridgehead atoms. The first-order valence-corrected chi connectivity index (χ1v) is 5.31. The molecule has 0 fully saturated rings. The Bertz CT molecular complexity index is 262. The number of nitrogens with one attached hydrogen (secondary N) is 1. The SMILES string of the molecule is CC(C)C(C)(C)NCc1ccccc1. The van der Waals surface area contributed by atoms with Crippen molar-refractivity contribution >= 4 is 0 Å². The van der Waals surface area contributed by atoms with Gasteiger partial charge in [-0.15, -0.1) is 0 Å². The zero-order valence-electron chi connectivity index (χ0n) is 9.67. The summed E-state index contributed by atoms with van der Waals surface area (Å²) in [6.07, 6.45) is 0. The molecule has 0 unspecified atom stereocenters. The molecule has 1 aromatic carbocycles. The smallest absolute Gasteiger partial charge is 0.0210 e. The molecule has 1 nitrogen and oxygen atoms in total. The van der Waals surface area contributed by atoms with E-state index in [9.17, 15) is 0 Å². The van der Waals surface area contributed by atoms with Crippen LogP contribution in [0.1, 0.15) is 33.3 Å². The zero-order chi connectivity index (χ0) is 10.6. The molecule has 0 amide bonds. The van der Waals surface area contributed by atoms with Gasteiger partial charge in [-0.05, 0) is 25.3 Å². The Morgan fingerprint density at radius 2 is 1.71 bits per heavy atom. The maximum absolute atomic E-state index is 3.57.